The standard InChI is InChI=1S/C14H22N2/c1-9(2)12-10(3)16(7)11(8-15)13(12)14(4,5)6/h9H,1-7H3. The molecule has 0 atom stereocenters. The van der Waals surface area contributed by atoms with E-state index in [1.165, 1.54) is 16.8 Å². The van der Waals surface area contributed by atoms with Crippen LogP contribution in [0.5, 0.6) is 0 Å². The van der Waals surface area contributed by atoms with Crippen molar-refractivity contribution < 1.29 is 0 Å². The highest BCUT2D eigenvalue weighted by Gasteiger charge is 2.28. The first kappa shape index (κ1) is 12.8. The molecular weight excluding hydrogens is 196 g/mol. The number of nitriles is 1. The van der Waals surface area contributed by atoms with Crippen LogP contribution in [-0.2, 0) is 12.5 Å². The van der Waals surface area contributed by atoms with Crippen molar-refractivity contribution in [1.82, 2.24) is 4.57 Å². The van der Waals surface area contributed by atoms with E-state index in [1.807, 2.05) is 11.6 Å². The molecule has 0 bridgehead atoms. The SMILES string of the molecule is Cc1c(C(C)C)c(C(C)(C)C)c(C#N)n1C. The van der Waals surface area contributed by atoms with Gasteiger partial charge in [0.2, 0.25) is 0 Å². The number of nitrogens with zero attached hydrogens (tertiary/aromatic N) is 2. The van der Waals surface area contributed by atoms with E-state index in [4.69, 9.17) is 0 Å². The molecule has 0 saturated heterocycles. The minimum Gasteiger partial charge on any atom is -0.339 e. The van der Waals surface area contributed by atoms with E-state index in [1.54, 1.807) is 0 Å². The van der Waals surface area contributed by atoms with Crippen LogP contribution >= 0.6 is 0 Å². The van der Waals surface area contributed by atoms with Gasteiger partial charge in [0.05, 0.1) is 0 Å². The molecule has 0 fully saturated rings. The van der Waals surface area contributed by atoms with E-state index in [-0.39, 0.29) is 5.41 Å². The lowest BCUT2D eigenvalue weighted by Gasteiger charge is -2.22. The summed E-state index contributed by atoms with van der Waals surface area (Å²) < 4.78 is 2.02. The maximum atomic E-state index is 9.31. The Bertz CT molecular complexity index is 437. The van der Waals surface area contributed by atoms with E-state index in [0.29, 0.717) is 5.92 Å². The van der Waals surface area contributed by atoms with Gasteiger partial charge in [0.25, 0.3) is 0 Å². The molecule has 0 aliphatic rings. The molecule has 88 valence electrons. The van der Waals surface area contributed by atoms with E-state index in [2.05, 4.69) is 47.6 Å². The molecule has 0 spiro atoms. The van der Waals surface area contributed by atoms with Crippen LogP contribution in [0.15, 0.2) is 0 Å². The molecule has 1 aromatic rings. The molecule has 0 radical (unpaired) electrons. The summed E-state index contributed by atoms with van der Waals surface area (Å²) in [4.78, 5) is 0. The van der Waals surface area contributed by atoms with Crippen molar-refractivity contribution in [3.63, 3.8) is 0 Å². The second kappa shape index (κ2) is 3.97. The zero-order valence-electron chi connectivity index (χ0n) is 11.5. The van der Waals surface area contributed by atoms with Crippen LogP contribution in [0.3, 0.4) is 0 Å². The first-order chi connectivity index (χ1) is 7.21. The van der Waals surface area contributed by atoms with Gasteiger partial charge in [-0.1, -0.05) is 34.6 Å². The summed E-state index contributed by atoms with van der Waals surface area (Å²) in [6, 6.07) is 2.35. The first-order valence-corrected chi connectivity index (χ1v) is 5.81. The predicted octanol–water partition coefficient (Wildman–Crippen LogP) is 3.63. The summed E-state index contributed by atoms with van der Waals surface area (Å²) >= 11 is 0. The summed E-state index contributed by atoms with van der Waals surface area (Å²) in [5.74, 6) is 0.461. The van der Waals surface area contributed by atoms with E-state index >= 15 is 0 Å². The van der Waals surface area contributed by atoms with Crippen molar-refractivity contribution >= 4 is 0 Å². The quantitative estimate of drug-likeness (QED) is 0.707. The van der Waals surface area contributed by atoms with E-state index in [0.717, 1.165) is 5.69 Å². The Morgan fingerprint density at radius 1 is 1.25 bits per heavy atom. The zero-order valence-corrected chi connectivity index (χ0v) is 11.5. The third-order valence-electron chi connectivity index (χ3n) is 3.17. The molecule has 0 aromatic carbocycles. The lowest BCUT2D eigenvalue weighted by atomic mass is 9.81. The van der Waals surface area contributed by atoms with Crippen LogP contribution in [0.25, 0.3) is 0 Å². The summed E-state index contributed by atoms with van der Waals surface area (Å²) in [6.07, 6.45) is 0. The van der Waals surface area contributed by atoms with Gasteiger partial charge in [-0.3, -0.25) is 0 Å². The van der Waals surface area contributed by atoms with Gasteiger partial charge in [0, 0.05) is 12.7 Å². The zero-order chi connectivity index (χ0) is 12.7. The fourth-order valence-electron chi connectivity index (χ4n) is 2.42. The predicted molar refractivity (Wildman–Crippen MR) is 67.7 cm³/mol. The lowest BCUT2D eigenvalue weighted by molar-refractivity contribution is 0.576. The van der Waals surface area contributed by atoms with Crippen LogP contribution < -0.4 is 0 Å². The topological polar surface area (TPSA) is 28.7 Å². The Labute approximate surface area is 98.9 Å². The van der Waals surface area contributed by atoms with E-state index < -0.39 is 0 Å². The molecule has 0 N–H and O–H groups in total. The molecule has 0 aliphatic heterocycles. The van der Waals surface area contributed by atoms with Gasteiger partial charge in [-0.25, -0.2) is 0 Å². The van der Waals surface area contributed by atoms with Crippen molar-refractivity contribution in [1.29, 1.82) is 5.26 Å². The highest BCUT2D eigenvalue weighted by Crippen LogP contribution is 2.36. The van der Waals surface area contributed by atoms with Gasteiger partial charge >= 0.3 is 0 Å². The van der Waals surface area contributed by atoms with E-state index in [9.17, 15) is 5.26 Å². The maximum Gasteiger partial charge on any atom is 0.124 e. The second-order valence-corrected chi connectivity index (χ2v) is 5.80. The third-order valence-corrected chi connectivity index (χ3v) is 3.17. The lowest BCUT2D eigenvalue weighted by Crippen LogP contribution is -2.15. The molecule has 0 amide bonds. The highest BCUT2D eigenvalue weighted by atomic mass is 15.0. The normalized spacial score (nSPS) is 11.9. The number of hydrogen-bond acceptors (Lipinski definition) is 1. The Hall–Kier alpha value is -1.23. The molecular formula is C14H22N2. The van der Waals surface area contributed by atoms with Gasteiger partial charge in [-0.05, 0) is 29.4 Å². The van der Waals surface area contributed by atoms with Crippen molar-refractivity contribution in [3.05, 3.63) is 22.5 Å². The summed E-state index contributed by atoms with van der Waals surface area (Å²) in [6.45, 7) is 13.0. The molecule has 2 nitrogen and oxygen atoms in total. The van der Waals surface area contributed by atoms with Gasteiger partial charge in [-0.15, -0.1) is 0 Å². The van der Waals surface area contributed by atoms with Crippen molar-refractivity contribution in [2.45, 2.75) is 52.9 Å². The Morgan fingerprint density at radius 3 is 2.06 bits per heavy atom. The molecule has 2 heteroatoms. The van der Waals surface area contributed by atoms with Crippen LogP contribution in [0.2, 0.25) is 0 Å². The monoisotopic (exact) mass is 218 g/mol. The van der Waals surface area contributed by atoms with Gasteiger partial charge in [0.1, 0.15) is 11.8 Å². The van der Waals surface area contributed by atoms with Gasteiger partial charge in [0.15, 0.2) is 0 Å². The fourth-order valence-corrected chi connectivity index (χ4v) is 2.42. The smallest absolute Gasteiger partial charge is 0.124 e. The summed E-state index contributed by atoms with van der Waals surface area (Å²) in [7, 11) is 1.98. The number of aromatic nitrogens is 1. The molecule has 0 aliphatic carbocycles. The Kier molecular flexibility index (Phi) is 3.19. The van der Waals surface area contributed by atoms with Crippen LogP contribution in [-0.4, -0.2) is 4.57 Å². The van der Waals surface area contributed by atoms with Crippen molar-refractivity contribution in [2.24, 2.45) is 7.05 Å². The van der Waals surface area contributed by atoms with Gasteiger partial charge < -0.3 is 4.57 Å². The first-order valence-electron chi connectivity index (χ1n) is 5.81. The number of hydrogen-bond donors (Lipinski definition) is 0. The molecule has 1 rings (SSSR count). The Morgan fingerprint density at radius 2 is 1.75 bits per heavy atom. The second-order valence-electron chi connectivity index (χ2n) is 5.80. The molecule has 0 unspecified atom stereocenters. The highest BCUT2D eigenvalue weighted by molar-refractivity contribution is 5.49. The minimum absolute atomic E-state index is 0.0245. The van der Waals surface area contributed by atoms with Crippen LogP contribution in [0.4, 0.5) is 0 Å². The van der Waals surface area contributed by atoms with Gasteiger partial charge in [-0.2, -0.15) is 5.26 Å². The van der Waals surface area contributed by atoms with Crippen LogP contribution in [0.1, 0.15) is 63.1 Å². The summed E-state index contributed by atoms with van der Waals surface area (Å²) in [5.41, 5.74) is 4.61. The average Bonchev–Trinajstić information content (AvgIpc) is 2.39. The molecule has 16 heavy (non-hydrogen) atoms. The maximum absolute atomic E-state index is 9.31. The molecule has 0 saturated carbocycles. The average molecular weight is 218 g/mol. The van der Waals surface area contributed by atoms with Crippen molar-refractivity contribution in [2.75, 3.05) is 0 Å². The molecule has 1 heterocycles. The fraction of sp³-hybridized carbons (Fsp3) is 0.643. The number of rotatable bonds is 1. The summed E-state index contributed by atoms with van der Waals surface area (Å²) in [5, 5.41) is 9.31. The Balaban J connectivity index is 3.69. The van der Waals surface area contributed by atoms with Crippen LogP contribution in [0, 0.1) is 18.3 Å². The van der Waals surface area contributed by atoms with Crippen molar-refractivity contribution in [3.8, 4) is 6.07 Å². The largest absolute Gasteiger partial charge is 0.339 e. The minimum atomic E-state index is 0.0245. The third kappa shape index (κ3) is 1.87. The molecule has 1 aromatic heterocycles.